The number of hydrogen-bond donors (Lipinski definition) is 1. The molecule has 19 heavy (non-hydrogen) atoms. The maximum atomic E-state index is 12.0. The zero-order chi connectivity index (χ0) is 13.8. The summed E-state index contributed by atoms with van der Waals surface area (Å²) < 4.78 is 1.70. The fourth-order valence-corrected chi connectivity index (χ4v) is 1.76. The number of anilines is 1. The summed E-state index contributed by atoms with van der Waals surface area (Å²) in [5.74, 6) is 0.475. The van der Waals surface area contributed by atoms with Gasteiger partial charge in [-0.25, -0.2) is 4.98 Å². The van der Waals surface area contributed by atoms with Gasteiger partial charge in [-0.2, -0.15) is 0 Å². The molecular weight excluding hydrogens is 240 g/mol. The van der Waals surface area contributed by atoms with Crippen LogP contribution in [0.15, 0.2) is 41.5 Å². The Bertz CT molecular complexity index is 602. The molecule has 0 aliphatic heterocycles. The van der Waals surface area contributed by atoms with Crippen LogP contribution in [-0.2, 0) is 6.54 Å². The molecule has 0 bridgehead atoms. The molecule has 0 aromatic carbocycles. The van der Waals surface area contributed by atoms with Crippen molar-refractivity contribution < 1.29 is 0 Å². The van der Waals surface area contributed by atoms with Gasteiger partial charge in [-0.3, -0.25) is 4.79 Å². The molecular formula is C14H18N4O. The van der Waals surface area contributed by atoms with Crippen LogP contribution < -0.4 is 11.3 Å². The molecule has 2 aromatic rings. The zero-order valence-corrected chi connectivity index (χ0v) is 11.2. The minimum absolute atomic E-state index is 0.00354. The molecule has 5 nitrogen and oxygen atoms in total. The van der Waals surface area contributed by atoms with Crippen molar-refractivity contribution in [2.75, 3.05) is 26.4 Å². The Morgan fingerprint density at radius 1 is 1.26 bits per heavy atom. The summed E-state index contributed by atoms with van der Waals surface area (Å²) in [6, 6.07) is 7.14. The second-order valence-corrected chi connectivity index (χ2v) is 4.72. The van der Waals surface area contributed by atoms with E-state index in [4.69, 9.17) is 5.73 Å². The first-order valence-electron chi connectivity index (χ1n) is 6.13. The van der Waals surface area contributed by atoms with Gasteiger partial charge in [-0.1, -0.05) is 0 Å². The molecule has 2 heterocycles. The Kier molecular flexibility index (Phi) is 3.97. The average Bonchev–Trinajstić information content (AvgIpc) is 2.38. The number of nitrogen functional groups attached to an aromatic ring is 1. The van der Waals surface area contributed by atoms with Gasteiger partial charge in [0.2, 0.25) is 0 Å². The van der Waals surface area contributed by atoms with E-state index < -0.39 is 0 Å². The highest BCUT2D eigenvalue weighted by atomic mass is 16.1. The van der Waals surface area contributed by atoms with Crippen molar-refractivity contribution in [3.63, 3.8) is 0 Å². The monoisotopic (exact) mass is 258 g/mol. The van der Waals surface area contributed by atoms with Crippen molar-refractivity contribution in [1.29, 1.82) is 0 Å². The Morgan fingerprint density at radius 3 is 2.63 bits per heavy atom. The normalized spacial score (nSPS) is 10.9. The molecule has 0 radical (unpaired) electrons. The lowest BCUT2D eigenvalue weighted by Gasteiger charge is -2.11. The second-order valence-electron chi connectivity index (χ2n) is 4.72. The van der Waals surface area contributed by atoms with Crippen LogP contribution in [-0.4, -0.2) is 35.1 Å². The van der Waals surface area contributed by atoms with E-state index >= 15 is 0 Å². The predicted molar refractivity (Wildman–Crippen MR) is 76.9 cm³/mol. The molecule has 0 aliphatic carbocycles. The number of likely N-dealkylation sites (N-methyl/N-ethyl adjacent to an activating group) is 1. The van der Waals surface area contributed by atoms with E-state index in [-0.39, 0.29) is 5.56 Å². The lowest BCUT2D eigenvalue weighted by molar-refractivity contribution is 0.381. The van der Waals surface area contributed by atoms with Crippen molar-refractivity contribution in [2.24, 2.45) is 0 Å². The molecule has 0 fully saturated rings. The summed E-state index contributed by atoms with van der Waals surface area (Å²) >= 11 is 0. The number of rotatable bonds is 4. The molecule has 0 saturated heterocycles. The number of hydrogen-bond acceptors (Lipinski definition) is 4. The van der Waals surface area contributed by atoms with Crippen LogP contribution in [0.5, 0.6) is 0 Å². The quantitative estimate of drug-likeness (QED) is 0.890. The van der Waals surface area contributed by atoms with Crippen LogP contribution >= 0.6 is 0 Å². The van der Waals surface area contributed by atoms with Gasteiger partial charge in [-0.15, -0.1) is 0 Å². The van der Waals surface area contributed by atoms with Crippen LogP contribution in [0.2, 0.25) is 0 Å². The van der Waals surface area contributed by atoms with E-state index in [2.05, 4.69) is 4.98 Å². The first-order chi connectivity index (χ1) is 9.06. The lowest BCUT2D eigenvalue weighted by Crippen LogP contribution is -2.25. The smallest absolute Gasteiger partial charge is 0.251 e. The Morgan fingerprint density at radius 2 is 2.05 bits per heavy atom. The molecule has 0 spiro atoms. The van der Waals surface area contributed by atoms with Gasteiger partial charge in [0.25, 0.3) is 5.56 Å². The third-order valence-corrected chi connectivity index (χ3v) is 2.90. The fraction of sp³-hybridized carbons (Fsp3) is 0.286. The van der Waals surface area contributed by atoms with Crippen molar-refractivity contribution in [3.05, 3.63) is 47.0 Å². The van der Waals surface area contributed by atoms with E-state index in [1.165, 1.54) is 0 Å². The maximum Gasteiger partial charge on any atom is 0.251 e. The van der Waals surface area contributed by atoms with Gasteiger partial charge < -0.3 is 15.2 Å². The Labute approximate surface area is 112 Å². The van der Waals surface area contributed by atoms with E-state index in [0.29, 0.717) is 12.4 Å². The van der Waals surface area contributed by atoms with Crippen molar-refractivity contribution in [1.82, 2.24) is 14.5 Å². The first kappa shape index (κ1) is 13.3. The largest absolute Gasteiger partial charge is 0.384 e. The van der Waals surface area contributed by atoms with Gasteiger partial charge in [0.1, 0.15) is 5.82 Å². The topological polar surface area (TPSA) is 64.2 Å². The Balaban J connectivity index is 2.23. The van der Waals surface area contributed by atoms with Crippen LogP contribution in [0, 0.1) is 0 Å². The molecule has 5 heteroatoms. The Hall–Kier alpha value is -2.14. The van der Waals surface area contributed by atoms with Crippen LogP contribution in [0.4, 0.5) is 5.82 Å². The molecule has 2 N–H and O–H groups in total. The third-order valence-electron chi connectivity index (χ3n) is 2.90. The zero-order valence-electron chi connectivity index (χ0n) is 11.2. The lowest BCUT2D eigenvalue weighted by atomic mass is 10.1. The van der Waals surface area contributed by atoms with Crippen LogP contribution in [0.25, 0.3) is 11.1 Å². The third kappa shape index (κ3) is 3.42. The van der Waals surface area contributed by atoms with Crippen molar-refractivity contribution >= 4 is 5.82 Å². The van der Waals surface area contributed by atoms with Gasteiger partial charge in [-0.05, 0) is 37.9 Å². The molecule has 2 rings (SSSR count). The number of pyridine rings is 2. The summed E-state index contributed by atoms with van der Waals surface area (Å²) in [7, 11) is 3.97. The summed E-state index contributed by atoms with van der Waals surface area (Å²) in [5.41, 5.74) is 7.30. The molecule has 100 valence electrons. The molecule has 2 aromatic heterocycles. The minimum atomic E-state index is -0.00354. The average molecular weight is 258 g/mol. The van der Waals surface area contributed by atoms with Gasteiger partial charge in [0.05, 0.1) is 0 Å². The summed E-state index contributed by atoms with van der Waals surface area (Å²) in [4.78, 5) is 18.1. The van der Waals surface area contributed by atoms with Gasteiger partial charge in [0, 0.05) is 37.1 Å². The number of nitrogens with two attached hydrogens (primary N) is 1. The molecule has 0 unspecified atom stereocenters. The van der Waals surface area contributed by atoms with E-state index in [9.17, 15) is 4.79 Å². The van der Waals surface area contributed by atoms with E-state index in [1.807, 2.05) is 37.3 Å². The summed E-state index contributed by atoms with van der Waals surface area (Å²) in [5, 5.41) is 0. The number of nitrogens with zero attached hydrogens (tertiary/aromatic N) is 3. The molecule has 0 saturated carbocycles. The van der Waals surface area contributed by atoms with Crippen LogP contribution in [0.3, 0.4) is 0 Å². The molecule has 0 atom stereocenters. The van der Waals surface area contributed by atoms with Crippen molar-refractivity contribution in [2.45, 2.75) is 6.54 Å². The van der Waals surface area contributed by atoms with E-state index in [0.717, 1.165) is 17.7 Å². The summed E-state index contributed by atoms with van der Waals surface area (Å²) in [6.45, 7) is 1.52. The number of aromatic nitrogens is 2. The van der Waals surface area contributed by atoms with Crippen molar-refractivity contribution in [3.8, 4) is 11.1 Å². The van der Waals surface area contributed by atoms with Gasteiger partial charge in [0.15, 0.2) is 0 Å². The van der Waals surface area contributed by atoms with E-state index in [1.54, 1.807) is 22.9 Å². The highest BCUT2D eigenvalue weighted by Crippen LogP contribution is 2.16. The highest BCUT2D eigenvalue weighted by Gasteiger charge is 2.02. The molecule has 0 amide bonds. The van der Waals surface area contributed by atoms with Gasteiger partial charge >= 0.3 is 0 Å². The molecule has 0 aliphatic rings. The first-order valence-corrected chi connectivity index (χ1v) is 6.13. The minimum Gasteiger partial charge on any atom is -0.384 e. The maximum absolute atomic E-state index is 12.0. The SMILES string of the molecule is CN(C)CCn1ccc(-c2ccc(N)nc2)cc1=O. The fourth-order valence-electron chi connectivity index (χ4n) is 1.76. The summed E-state index contributed by atoms with van der Waals surface area (Å²) in [6.07, 6.45) is 3.49. The predicted octanol–water partition coefficient (Wildman–Crippen LogP) is 1.05. The highest BCUT2D eigenvalue weighted by molar-refractivity contribution is 5.62. The second kappa shape index (κ2) is 5.67. The standard InChI is InChI=1S/C14H18N4O/c1-17(2)7-8-18-6-5-11(9-14(18)19)12-3-4-13(15)16-10-12/h3-6,9-10H,7-8H2,1-2H3,(H2,15,16). The van der Waals surface area contributed by atoms with Crippen LogP contribution in [0.1, 0.15) is 0 Å².